The summed E-state index contributed by atoms with van der Waals surface area (Å²) in [5.41, 5.74) is 1.35. The molecule has 1 fully saturated rings. The lowest BCUT2D eigenvalue weighted by molar-refractivity contribution is 0.0939. The van der Waals surface area contributed by atoms with Crippen LogP contribution in [-0.2, 0) is 10.0 Å². The zero-order valence-corrected chi connectivity index (χ0v) is 17.4. The van der Waals surface area contributed by atoms with E-state index in [-0.39, 0.29) is 16.8 Å². The van der Waals surface area contributed by atoms with Crippen molar-refractivity contribution in [3.63, 3.8) is 0 Å². The van der Waals surface area contributed by atoms with E-state index in [1.807, 2.05) is 37.3 Å². The number of carbonyl (C=O) groups excluding carboxylic acids is 1. The van der Waals surface area contributed by atoms with Gasteiger partial charge in [-0.05, 0) is 48.9 Å². The Morgan fingerprint density at radius 3 is 2.32 bits per heavy atom. The summed E-state index contributed by atoms with van der Waals surface area (Å²) in [7, 11) is -3.61. The highest BCUT2D eigenvalue weighted by Crippen LogP contribution is 2.27. The van der Waals surface area contributed by atoms with Crippen molar-refractivity contribution in [1.82, 2.24) is 9.62 Å². The second-order valence-corrected chi connectivity index (χ2v) is 9.84. The molecule has 3 atom stereocenters. The third-order valence-electron chi connectivity index (χ3n) is 5.22. The number of hydrogen-bond donors (Lipinski definition) is 1. The van der Waals surface area contributed by atoms with E-state index in [0.717, 1.165) is 12.0 Å². The molecular weight excluding hydrogens is 372 g/mol. The zero-order valence-electron chi connectivity index (χ0n) is 16.6. The molecule has 1 heterocycles. The first-order valence-corrected chi connectivity index (χ1v) is 11.2. The average Bonchev–Trinajstić information content (AvgIpc) is 2.68. The van der Waals surface area contributed by atoms with E-state index in [4.69, 9.17) is 0 Å². The van der Waals surface area contributed by atoms with E-state index in [0.29, 0.717) is 30.5 Å². The molecule has 1 saturated heterocycles. The maximum Gasteiger partial charge on any atom is 0.251 e. The number of carbonyl (C=O) groups is 1. The van der Waals surface area contributed by atoms with E-state index in [2.05, 4.69) is 19.2 Å². The number of piperidine rings is 1. The van der Waals surface area contributed by atoms with Gasteiger partial charge in [0.2, 0.25) is 10.0 Å². The van der Waals surface area contributed by atoms with Crippen LogP contribution in [0.2, 0.25) is 0 Å². The minimum absolute atomic E-state index is 0.169. The van der Waals surface area contributed by atoms with Crippen LogP contribution in [0.3, 0.4) is 0 Å². The Balaban J connectivity index is 1.78. The first-order chi connectivity index (χ1) is 13.3. The highest BCUT2D eigenvalue weighted by molar-refractivity contribution is 7.89. The summed E-state index contributed by atoms with van der Waals surface area (Å²) in [6.45, 7) is 7.10. The number of hydrogen-bond acceptors (Lipinski definition) is 3. The second kappa shape index (κ2) is 8.45. The van der Waals surface area contributed by atoms with Crippen molar-refractivity contribution in [3.8, 4) is 0 Å². The Morgan fingerprint density at radius 2 is 1.68 bits per heavy atom. The first-order valence-electron chi connectivity index (χ1n) is 9.73. The van der Waals surface area contributed by atoms with Crippen molar-refractivity contribution in [3.05, 3.63) is 65.7 Å². The molecule has 0 unspecified atom stereocenters. The standard InChI is InChI=1S/C22H28N2O3S/c1-16-12-17(2)15-24(14-16)28(26,27)21-11-7-10-20(13-21)22(25)23-18(3)19-8-5-4-6-9-19/h4-11,13,16-18H,12,14-15H2,1-3H3,(H,23,25)/t16-,17-,18-/m1/s1. The molecule has 5 nitrogen and oxygen atoms in total. The molecule has 28 heavy (non-hydrogen) atoms. The number of benzene rings is 2. The van der Waals surface area contributed by atoms with Crippen LogP contribution in [0, 0.1) is 11.8 Å². The molecule has 3 rings (SSSR count). The van der Waals surface area contributed by atoms with Gasteiger partial charge in [0, 0.05) is 18.7 Å². The van der Waals surface area contributed by atoms with Gasteiger partial charge >= 0.3 is 0 Å². The third-order valence-corrected chi connectivity index (χ3v) is 7.04. The minimum Gasteiger partial charge on any atom is -0.346 e. The van der Waals surface area contributed by atoms with Gasteiger partial charge in [-0.15, -0.1) is 0 Å². The minimum atomic E-state index is -3.61. The van der Waals surface area contributed by atoms with Gasteiger partial charge in [0.15, 0.2) is 0 Å². The topological polar surface area (TPSA) is 66.5 Å². The van der Waals surface area contributed by atoms with Gasteiger partial charge in [-0.3, -0.25) is 4.79 Å². The SMILES string of the molecule is C[C@@H]1C[C@@H](C)CN(S(=O)(=O)c2cccc(C(=O)N[C@H](C)c3ccccc3)c2)C1. The molecule has 1 N–H and O–H groups in total. The molecule has 150 valence electrons. The number of rotatable bonds is 5. The van der Waals surface area contributed by atoms with Crippen LogP contribution in [0.25, 0.3) is 0 Å². The third kappa shape index (κ3) is 4.62. The molecule has 1 aliphatic rings. The van der Waals surface area contributed by atoms with Gasteiger partial charge in [-0.25, -0.2) is 8.42 Å². The van der Waals surface area contributed by atoms with Crippen LogP contribution in [0.15, 0.2) is 59.5 Å². The highest BCUT2D eigenvalue weighted by Gasteiger charge is 2.32. The van der Waals surface area contributed by atoms with Crippen molar-refractivity contribution < 1.29 is 13.2 Å². The molecule has 2 aromatic carbocycles. The number of nitrogens with one attached hydrogen (secondary N) is 1. The molecule has 0 spiro atoms. The van der Waals surface area contributed by atoms with Crippen molar-refractivity contribution in [2.24, 2.45) is 11.8 Å². The molecule has 0 radical (unpaired) electrons. The van der Waals surface area contributed by atoms with Crippen LogP contribution in [-0.4, -0.2) is 31.7 Å². The summed E-state index contributed by atoms with van der Waals surface area (Å²) >= 11 is 0. The Hall–Kier alpha value is -2.18. The van der Waals surface area contributed by atoms with Gasteiger partial charge < -0.3 is 5.32 Å². The number of amides is 1. The summed E-state index contributed by atoms with van der Waals surface area (Å²) in [5.74, 6) is 0.377. The molecule has 2 aromatic rings. The average molecular weight is 401 g/mol. The molecule has 1 amide bonds. The summed E-state index contributed by atoms with van der Waals surface area (Å²) in [4.78, 5) is 12.8. The highest BCUT2D eigenvalue weighted by atomic mass is 32.2. The Labute approximate surface area is 167 Å². The molecule has 0 bridgehead atoms. The van der Waals surface area contributed by atoms with Crippen molar-refractivity contribution in [2.45, 2.75) is 38.1 Å². The first kappa shape index (κ1) is 20.6. The van der Waals surface area contributed by atoms with Crippen molar-refractivity contribution >= 4 is 15.9 Å². The van der Waals surface area contributed by atoms with Crippen LogP contribution >= 0.6 is 0 Å². The van der Waals surface area contributed by atoms with E-state index in [1.54, 1.807) is 22.5 Å². The monoisotopic (exact) mass is 400 g/mol. The maximum atomic E-state index is 13.1. The smallest absolute Gasteiger partial charge is 0.251 e. The fraction of sp³-hybridized carbons (Fsp3) is 0.409. The van der Waals surface area contributed by atoms with E-state index < -0.39 is 10.0 Å². The predicted octanol–water partition coefficient (Wildman–Crippen LogP) is 3.84. The fourth-order valence-electron chi connectivity index (χ4n) is 3.85. The maximum absolute atomic E-state index is 13.1. The van der Waals surface area contributed by atoms with E-state index in [1.165, 1.54) is 6.07 Å². The number of nitrogens with zero attached hydrogens (tertiary/aromatic N) is 1. The summed E-state index contributed by atoms with van der Waals surface area (Å²) in [5, 5.41) is 2.94. The van der Waals surface area contributed by atoms with Crippen LogP contribution in [0.5, 0.6) is 0 Å². The molecule has 1 aliphatic heterocycles. The fourth-order valence-corrected chi connectivity index (χ4v) is 5.58. The van der Waals surface area contributed by atoms with Gasteiger partial charge in [0.05, 0.1) is 10.9 Å². The van der Waals surface area contributed by atoms with Crippen LogP contribution < -0.4 is 5.32 Å². The van der Waals surface area contributed by atoms with E-state index >= 15 is 0 Å². The molecule has 6 heteroatoms. The van der Waals surface area contributed by atoms with Gasteiger partial charge in [-0.2, -0.15) is 4.31 Å². The van der Waals surface area contributed by atoms with Crippen molar-refractivity contribution in [1.29, 1.82) is 0 Å². The van der Waals surface area contributed by atoms with Crippen molar-refractivity contribution in [2.75, 3.05) is 13.1 Å². The second-order valence-electron chi connectivity index (χ2n) is 7.90. The van der Waals surface area contributed by atoms with E-state index in [9.17, 15) is 13.2 Å². The lowest BCUT2D eigenvalue weighted by atomic mass is 9.94. The summed E-state index contributed by atoms with van der Waals surface area (Å²) < 4.78 is 27.7. The Kier molecular flexibility index (Phi) is 6.20. The summed E-state index contributed by atoms with van der Waals surface area (Å²) in [6.07, 6.45) is 1.03. The largest absolute Gasteiger partial charge is 0.346 e. The number of sulfonamides is 1. The molecule has 0 saturated carbocycles. The normalized spacial score (nSPS) is 21.8. The molecular formula is C22H28N2O3S. The van der Waals surface area contributed by atoms with Crippen LogP contribution in [0.4, 0.5) is 0 Å². The summed E-state index contributed by atoms with van der Waals surface area (Å²) in [6, 6.07) is 15.8. The Morgan fingerprint density at radius 1 is 1.04 bits per heavy atom. The lowest BCUT2D eigenvalue weighted by Crippen LogP contribution is -2.42. The van der Waals surface area contributed by atoms with Gasteiger partial charge in [-0.1, -0.05) is 50.2 Å². The molecule has 0 aliphatic carbocycles. The lowest BCUT2D eigenvalue weighted by Gasteiger charge is -2.34. The Bertz CT molecular complexity index is 918. The molecule has 0 aromatic heterocycles. The van der Waals surface area contributed by atoms with Gasteiger partial charge in [0.1, 0.15) is 0 Å². The predicted molar refractivity (Wildman–Crippen MR) is 110 cm³/mol. The quantitative estimate of drug-likeness (QED) is 0.829. The van der Waals surface area contributed by atoms with Crippen LogP contribution in [0.1, 0.15) is 49.2 Å². The van der Waals surface area contributed by atoms with Gasteiger partial charge in [0.25, 0.3) is 5.91 Å². The zero-order chi connectivity index (χ0) is 20.3.